The van der Waals surface area contributed by atoms with E-state index >= 15 is 0 Å². The molecule has 0 aliphatic carbocycles. The molecule has 0 saturated carbocycles. The summed E-state index contributed by atoms with van der Waals surface area (Å²) < 4.78 is 16.9. The van der Waals surface area contributed by atoms with Crippen LogP contribution in [-0.4, -0.2) is 37.2 Å². The number of hydrogen-bond donors (Lipinski definition) is 0. The molecular weight excluding hydrogens is 985 g/mol. The summed E-state index contributed by atoms with van der Waals surface area (Å²) in [7, 11) is 0. The molecule has 0 heterocycles. The Bertz CT molecular complexity index is 1700. The normalized spacial score (nSPS) is 13.0. The Labute approximate surface area is 494 Å². The molecule has 0 radical (unpaired) electrons. The standard InChI is InChI=1S/C74H122O6/c1-4-7-10-13-16-19-22-25-27-29-31-32-33-34-35-36-37-38-39-40-41-42-44-45-47-49-52-55-58-61-64-67-73(76)79-70-71(69-78-72(75)66-63-60-57-54-51-24-21-18-15-12-9-6-3)80-74(77)68-65-62-59-56-53-50-48-46-43-30-28-26-23-20-17-14-11-8-5-2/h7-8,10-11,16-17,19-20,25-28,31-32,34-35,37-38,40-41,43,46,71H,4-6,9,12-15,18,21-24,29-30,33,36,39,42,44-45,47-70H2,1-3H3/b10-7-,11-8-,19-16-,20-17-,27-25-,28-26-,32-31-,35-34-,38-37-,41-40-,46-43-. The molecule has 0 aliphatic rings. The molecule has 0 spiro atoms. The number of ether oxygens (including phenoxy) is 3. The van der Waals surface area contributed by atoms with E-state index in [0.717, 1.165) is 148 Å². The van der Waals surface area contributed by atoms with Gasteiger partial charge in [-0.25, -0.2) is 0 Å². The van der Waals surface area contributed by atoms with Gasteiger partial charge in [-0.1, -0.05) is 296 Å². The van der Waals surface area contributed by atoms with Gasteiger partial charge in [0.15, 0.2) is 6.10 Å². The smallest absolute Gasteiger partial charge is 0.306 e. The molecule has 0 rings (SSSR count). The molecule has 0 fully saturated rings. The van der Waals surface area contributed by atoms with Gasteiger partial charge in [0, 0.05) is 19.3 Å². The summed E-state index contributed by atoms with van der Waals surface area (Å²) in [5.41, 5.74) is 0. The lowest BCUT2D eigenvalue weighted by atomic mass is 10.0. The monoisotopic (exact) mass is 1110 g/mol. The topological polar surface area (TPSA) is 78.9 Å². The molecule has 1 unspecified atom stereocenters. The maximum atomic E-state index is 12.9. The van der Waals surface area contributed by atoms with Crippen LogP contribution >= 0.6 is 0 Å². The average molecular weight is 1110 g/mol. The average Bonchev–Trinajstić information content (AvgIpc) is 3.46. The highest BCUT2D eigenvalue weighted by molar-refractivity contribution is 5.71. The van der Waals surface area contributed by atoms with Crippen LogP contribution in [0.3, 0.4) is 0 Å². The van der Waals surface area contributed by atoms with Crippen molar-refractivity contribution in [2.75, 3.05) is 13.2 Å². The van der Waals surface area contributed by atoms with Crippen LogP contribution in [0.5, 0.6) is 0 Å². The Balaban J connectivity index is 4.30. The summed E-state index contributed by atoms with van der Waals surface area (Å²) >= 11 is 0. The van der Waals surface area contributed by atoms with Crippen LogP contribution in [0.1, 0.15) is 297 Å². The highest BCUT2D eigenvalue weighted by atomic mass is 16.6. The Morgan fingerprint density at radius 3 is 0.762 bits per heavy atom. The predicted molar refractivity (Wildman–Crippen MR) is 348 cm³/mol. The highest BCUT2D eigenvalue weighted by Crippen LogP contribution is 2.16. The molecule has 6 nitrogen and oxygen atoms in total. The zero-order valence-corrected chi connectivity index (χ0v) is 52.0. The molecule has 0 aliphatic heterocycles. The van der Waals surface area contributed by atoms with Crippen molar-refractivity contribution in [3.63, 3.8) is 0 Å². The Kier molecular flexibility index (Phi) is 63.3. The third-order valence-corrected chi connectivity index (χ3v) is 13.9. The molecule has 0 saturated heterocycles. The molecule has 0 aromatic heterocycles. The first-order valence-corrected chi connectivity index (χ1v) is 33.2. The van der Waals surface area contributed by atoms with Crippen LogP contribution < -0.4 is 0 Å². The maximum absolute atomic E-state index is 12.9. The van der Waals surface area contributed by atoms with Gasteiger partial charge in [0.2, 0.25) is 0 Å². The van der Waals surface area contributed by atoms with Crippen LogP contribution in [0.25, 0.3) is 0 Å². The lowest BCUT2D eigenvalue weighted by molar-refractivity contribution is -0.167. The number of esters is 3. The number of allylic oxidation sites excluding steroid dienone is 22. The van der Waals surface area contributed by atoms with Crippen molar-refractivity contribution in [2.45, 2.75) is 303 Å². The Morgan fingerprint density at radius 1 is 0.263 bits per heavy atom. The van der Waals surface area contributed by atoms with E-state index in [-0.39, 0.29) is 31.1 Å². The number of unbranched alkanes of at least 4 members (excludes halogenated alkanes) is 26. The summed E-state index contributed by atoms with van der Waals surface area (Å²) in [5, 5.41) is 0. The van der Waals surface area contributed by atoms with Gasteiger partial charge in [-0.05, 0) is 116 Å². The van der Waals surface area contributed by atoms with Gasteiger partial charge in [-0.15, -0.1) is 0 Å². The molecular formula is C74H122O6. The summed E-state index contributed by atoms with van der Waals surface area (Å²) in [6, 6.07) is 0. The first-order chi connectivity index (χ1) is 39.5. The lowest BCUT2D eigenvalue weighted by Gasteiger charge is -2.18. The molecule has 454 valence electrons. The molecule has 0 N–H and O–H groups in total. The van der Waals surface area contributed by atoms with Crippen LogP contribution in [-0.2, 0) is 28.6 Å². The zero-order valence-electron chi connectivity index (χ0n) is 52.0. The fourth-order valence-electron chi connectivity index (χ4n) is 9.00. The van der Waals surface area contributed by atoms with Gasteiger partial charge in [0.05, 0.1) is 0 Å². The zero-order chi connectivity index (χ0) is 57.8. The second-order valence-electron chi connectivity index (χ2n) is 21.6. The lowest BCUT2D eigenvalue weighted by Crippen LogP contribution is -2.30. The Hall–Kier alpha value is -4.45. The van der Waals surface area contributed by atoms with E-state index in [1.807, 2.05) is 0 Å². The van der Waals surface area contributed by atoms with Crippen LogP contribution in [0.2, 0.25) is 0 Å². The third kappa shape index (κ3) is 64.4. The fourth-order valence-corrected chi connectivity index (χ4v) is 9.00. The minimum absolute atomic E-state index is 0.0862. The van der Waals surface area contributed by atoms with Crippen molar-refractivity contribution < 1.29 is 28.6 Å². The van der Waals surface area contributed by atoms with Gasteiger partial charge < -0.3 is 14.2 Å². The molecule has 6 heteroatoms. The number of carbonyl (C=O) groups excluding carboxylic acids is 3. The van der Waals surface area contributed by atoms with E-state index in [1.54, 1.807) is 0 Å². The molecule has 0 bridgehead atoms. The number of rotatable bonds is 59. The minimum Gasteiger partial charge on any atom is -0.462 e. The number of carbonyl (C=O) groups is 3. The first kappa shape index (κ1) is 75.5. The van der Waals surface area contributed by atoms with Crippen molar-refractivity contribution in [1.82, 2.24) is 0 Å². The minimum atomic E-state index is -0.792. The quantitative estimate of drug-likeness (QED) is 0.0261. The maximum Gasteiger partial charge on any atom is 0.306 e. The second-order valence-corrected chi connectivity index (χ2v) is 21.6. The van der Waals surface area contributed by atoms with Crippen LogP contribution in [0.4, 0.5) is 0 Å². The van der Waals surface area contributed by atoms with Gasteiger partial charge in [0.25, 0.3) is 0 Å². The largest absolute Gasteiger partial charge is 0.462 e. The Morgan fingerprint density at radius 2 is 0.487 bits per heavy atom. The van der Waals surface area contributed by atoms with E-state index in [4.69, 9.17) is 14.2 Å². The van der Waals surface area contributed by atoms with Crippen LogP contribution in [0, 0.1) is 0 Å². The van der Waals surface area contributed by atoms with Crippen molar-refractivity contribution in [1.29, 1.82) is 0 Å². The second kappa shape index (κ2) is 67.1. The van der Waals surface area contributed by atoms with E-state index in [9.17, 15) is 14.4 Å². The predicted octanol–water partition coefficient (Wildman–Crippen LogP) is 22.9. The summed E-state index contributed by atoms with van der Waals surface area (Å²) in [4.78, 5) is 38.3. The van der Waals surface area contributed by atoms with Crippen molar-refractivity contribution in [3.8, 4) is 0 Å². The molecule has 0 aromatic rings. The van der Waals surface area contributed by atoms with Crippen molar-refractivity contribution in [2.24, 2.45) is 0 Å². The van der Waals surface area contributed by atoms with Gasteiger partial charge in [-0.3, -0.25) is 14.4 Å². The van der Waals surface area contributed by atoms with Crippen molar-refractivity contribution >= 4 is 17.9 Å². The van der Waals surface area contributed by atoms with Crippen LogP contribution in [0.15, 0.2) is 134 Å². The summed E-state index contributed by atoms with van der Waals surface area (Å²) in [6.45, 7) is 6.41. The molecule has 80 heavy (non-hydrogen) atoms. The first-order valence-electron chi connectivity index (χ1n) is 33.2. The van der Waals surface area contributed by atoms with Gasteiger partial charge >= 0.3 is 17.9 Å². The third-order valence-electron chi connectivity index (χ3n) is 13.9. The summed E-state index contributed by atoms with van der Waals surface area (Å²) in [5.74, 6) is -0.902. The molecule has 0 amide bonds. The van der Waals surface area contributed by atoms with E-state index < -0.39 is 6.10 Å². The molecule has 1 atom stereocenters. The van der Waals surface area contributed by atoms with E-state index in [2.05, 4.69) is 154 Å². The highest BCUT2D eigenvalue weighted by Gasteiger charge is 2.19. The summed E-state index contributed by atoms with van der Waals surface area (Å²) in [6.07, 6.45) is 94.6. The van der Waals surface area contributed by atoms with E-state index in [0.29, 0.717) is 19.3 Å². The fraction of sp³-hybridized carbons (Fsp3) is 0.662. The molecule has 0 aromatic carbocycles. The SMILES string of the molecule is CC/C=C\C/C=C\C/C=C\C/C=C\C/C=C\C/C=C\C/C=C\CCCCCCCCCCCC(=O)OCC(COC(=O)CCCCCCCCCCCCCC)OC(=O)CCCCCCCC/C=C\C/C=C\C/C=C\C/C=C\CC. The van der Waals surface area contributed by atoms with Crippen molar-refractivity contribution in [3.05, 3.63) is 134 Å². The number of hydrogen-bond acceptors (Lipinski definition) is 6. The van der Waals surface area contributed by atoms with E-state index in [1.165, 1.54) is 109 Å². The van der Waals surface area contributed by atoms with Gasteiger partial charge in [-0.2, -0.15) is 0 Å². The van der Waals surface area contributed by atoms with Gasteiger partial charge in [0.1, 0.15) is 13.2 Å².